The lowest BCUT2D eigenvalue weighted by molar-refractivity contribution is 0.0210. The number of aliphatic imine (C=N–C) groups is 2. The molecular weight excluding hydrogens is 498 g/mol. The van der Waals surface area contributed by atoms with Crippen molar-refractivity contribution < 1.29 is 9.53 Å². The fraction of sp³-hybridized carbons (Fsp3) is 0.625. The van der Waals surface area contributed by atoms with Crippen LogP contribution in [0.5, 0.6) is 0 Å². The zero-order valence-corrected chi connectivity index (χ0v) is 21.9. The van der Waals surface area contributed by atoms with Gasteiger partial charge in [0.05, 0.1) is 11.4 Å². The summed E-state index contributed by atoms with van der Waals surface area (Å²) in [5.74, 6) is 0.616. The van der Waals surface area contributed by atoms with Crippen LogP contribution >= 0.6 is 15.9 Å². The molecule has 2 aliphatic heterocycles. The van der Waals surface area contributed by atoms with E-state index in [1.54, 1.807) is 4.90 Å². The number of likely N-dealkylation sites (tertiary alicyclic amines) is 1. The van der Waals surface area contributed by atoms with Gasteiger partial charge in [0.15, 0.2) is 0 Å². The van der Waals surface area contributed by atoms with Crippen molar-refractivity contribution in [2.24, 2.45) is 21.5 Å². The first kappa shape index (κ1) is 24.6. The van der Waals surface area contributed by atoms with E-state index in [0.29, 0.717) is 19.0 Å². The first-order valence-corrected chi connectivity index (χ1v) is 12.9. The predicted molar refractivity (Wildman–Crippen MR) is 140 cm³/mol. The van der Waals surface area contributed by atoms with Gasteiger partial charge in [-0.25, -0.2) is 9.79 Å². The minimum Gasteiger partial charge on any atom is -0.444 e. The summed E-state index contributed by atoms with van der Waals surface area (Å²) in [6, 6.07) is 6.36. The molecule has 2 fully saturated rings. The summed E-state index contributed by atoms with van der Waals surface area (Å²) in [6.07, 6.45) is 6.49. The highest BCUT2D eigenvalue weighted by Crippen LogP contribution is 2.43. The van der Waals surface area contributed by atoms with Crippen molar-refractivity contribution in [3.05, 3.63) is 22.7 Å². The summed E-state index contributed by atoms with van der Waals surface area (Å²) in [4.78, 5) is 25.4. The molecule has 0 unspecified atom stereocenters. The van der Waals surface area contributed by atoms with Gasteiger partial charge in [-0.3, -0.25) is 4.90 Å². The van der Waals surface area contributed by atoms with E-state index in [9.17, 15) is 4.79 Å². The Hall–Kier alpha value is -2.49. The molecule has 0 aromatic heterocycles. The molecule has 10 heteroatoms. The van der Waals surface area contributed by atoms with Gasteiger partial charge in [-0.1, -0.05) is 22.4 Å². The molecule has 1 saturated heterocycles. The highest BCUT2D eigenvalue weighted by molar-refractivity contribution is 9.10. The number of ether oxygens (including phenoxy) is 1. The average Bonchev–Trinajstić information content (AvgIpc) is 2.75. The minimum atomic E-state index is -0.508. The van der Waals surface area contributed by atoms with Crippen LogP contribution in [-0.4, -0.2) is 53.3 Å². The van der Waals surface area contributed by atoms with Crippen LogP contribution in [0, 0.1) is 0 Å². The van der Waals surface area contributed by atoms with E-state index < -0.39 is 11.3 Å². The van der Waals surface area contributed by atoms with Gasteiger partial charge in [-0.05, 0) is 77.5 Å². The average molecular weight is 535 g/mol. The fourth-order valence-electron chi connectivity index (χ4n) is 5.03. The molecule has 4 rings (SSSR count). The molecule has 0 bridgehead atoms. The van der Waals surface area contributed by atoms with Crippen molar-refractivity contribution in [2.75, 3.05) is 23.3 Å². The normalized spacial score (nSPS) is 21.2. The van der Waals surface area contributed by atoms with E-state index in [1.165, 1.54) is 6.42 Å². The lowest BCUT2D eigenvalue weighted by Gasteiger charge is -2.46. The second-order valence-corrected chi connectivity index (χ2v) is 11.3. The number of amides is 1. The van der Waals surface area contributed by atoms with Crippen LogP contribution in [0.4, 0.5) is 16.2 Å². The highest BCUT2D eigenvalue weighted by atomic mass is 79.9. The molecule has 1 amide bonds. The standard InChI is InChI=1S/C24H36BrN7O2/c1-23(2,3)34-22(33)31-13-9-17(10-14-31)28-18-8-7-16(25)15-19(18)32-21(27)29-20(26)30-24(32)11-5-4-6-12-24/h7-8,15,17,28H,4-6,9-14H2,1-3H3,(H4,26,27,29,30). The largest absolute Gasteiger partial charge is 0.444 e. The first-order valence-electron chi connectivity index (χ1n) is 12.1. The topological polar surface area (TPSA) is 122 Å². The second kappa shape index (κ2) is 9.64. The minimum absolute atomic E-state index is 0.220. The summed E-state index contributed by atoms with van der Waals surface area (Å²) in [5.41, 5.74) is 13.4. The number of hydrogen-bond acceptors (Lipinski definition) is 8. The molecule has 2 heterocycles. The summed E-state index contributed by atoms with van der Waals surface area (Å²) < 4.78 is 6.48. The molecule has 1 saturated carbocycles. The van der Waals surface area contributed by atoms with Crippen LogP contribution in [0.3, 0.4) is 0 Å². The Morgan fingerprint density at radius 1 is 1.18 bits per heavy atom. The summed E-state index contributed by atoms with van der Waals surface area (Å²) >= 11 is 3.63. The Morgan fingerprint density at radius 2 is 1.85 bits per heavy atom. The molecule has 1 aromatic carbocycles. The number of carbonyl (C=O) groups is 1. The number of nitrogens with one attached hydrogen (secondary N) is 1. The SMILES string of the molecule is CC(C)(C)OC(=O)N1CCC(Nc2ccc(Br)cc2N2C(N)=NC(N)=NC23CCCCC3)CC1. The number of nitrogens with two attached hydrogens (primary N) is 2. The maximum Gasteiger partial charge on any atom is 0.410 e. The fourth-order valence-corrected chi connectivity index (χ4v) is 5.38. The van der Waals surface area contributed by atoms with E-state index in [1.807, 2.05) is 26.8 Å². The van der Waals surface area contributed by atoms with Crippen LogP contribution < -0.4 is 21.7 Å². The molecule has 9 nitrogen and oxygen atoms in total. The lowest BCUT2D eigenvalue weighted by atomic mass is 9.87. The quantitative estimate of drug-likeness (QED) is 0.530. The third-order valence-electron chi connectivity index (χ3n) is 6.56. The summed E-state index contributed by atoms with van der Waals surface area (Å²) in [7, 11) is 0. The predicted octanol–water partition coefficient (Wildman–Crippen LogP) is 4.37. The number of guanidine groups is 2. The van der Waals surface area contributed by atoms with Crippen molar-refractivity contribution >= 4 is 45.3 Å². The van der Waals surface area contributed by atoms with Gasteiger partial charge in [-0.15, -0.1) is 0 Å². The number of rotatable bonds is 3. The Bertz CT molecular complexity index is 974. The number of halogens is 1. The molecule has 5 N–H and O–H groups in total. The Balaban J connectivity index is 1.53. The van der Waals surface area contributed by atoms with E-state index in [-0.39, 0.29) is 18.1 Å². The number of anilines is 2. The second-order valence-electron chi connectivity index (χ2n) is 10.4. The van der Waals surface area contributed by atoms with Crippen molar-refractivity contribution in [1.29, 1.82) is 0 Å². The molecule has 3 aliphatic rings. The molecule has 1 spiro atoms. The first-order chi connectivity index (χ1) is 16.1. The van der Waals surface area contributed by atoms with Crippen LogP contribution in [0.15, 0.2) is 32.7 Å². The number of hydrogen-bond donors (Lipinski definition) is 3. The van der Waals surface area contributed by atoms with E-state index in [4.69, 9.17) is 21.2 Å². The number of nitrogens with zero attached hydrogens (tertiary/aromatic N) is 4. The van der Waals surface area contributed by atoms with Gasteiger partial charge in [0.1, 0.15) is 11.3 Å². The van der Waals surface area contributed by atoms with Crippen LogP contribution in [-0.2, 0) is 4.74 Å². The molecule has 1 aromatic rings. The van der Waals surface area contributed by atoms with Gasteiger partial charge in [0, 0.05) is 23.6 Å². The number of carbonyl (C=O) groups excluding carboxylic acids is 1. The van der Waals surface area contributed by atoms with Gasteiger partial charge in [0.2, 0.25) is 11.9 Å². The third-order valence-corrected chi connectivity index (χ3v) is 7.05. The van der Waals surface area contributed by atoms with Crippen LogP contribution in [0.2, 0.25) is 0 Å². The molecule has 34 heavy (non-hydrogen) atoms. The molecular formula is C24H36BrN7O2. The summed E-state index contributed by atoms with van der Waals surface area (Å²) in [6.45, 7) is 6.97. The lowest BCUT2D eigenvalue weighted by Crippen LogP contribution is -2.58. The van der Waals surface area contributed by atoms with Gasteiger partial charge in [-0.2, -0.15) is 4.99 Å². The molecule has 0 radical (unpaired) electrons. The van der Waals surface area contributed by atoms with Crippen molar-refractivity contribution in [1.82, 2.24) is 4.90 Å². The smallest absolute Gasteiger partial charge is 0.410 e. The molecule has 0 atom stereocenters. The third kappa shape index (κ3) is 5.42. The van der Waals surface area contributed by atoms with Crippen LogP contribution in [0.25, 0.3) is 0 Å². The summed E-state index contributed by atoms with van der Waals surface area (Å²) in [5, 5.41) is 3.70. The van der Waals surface area contributed by atoms with E-state index in [0.717, 1.165) is 54.4 Å². The zero-order valence-electron chi connectivity index (χ0n) is 20.3. The molecule has 1 aliphatic carbocycles. The van der Waals surface area contributed by atoms with Crippen molar-refractivity contribution in [3.63, 3.8) is 0 Å². The van der Waals surface area contributed by atoms with Gasteiger partial charge < -0.3 is 26.4 Å². The Labute approximate surface area is 210 Å². The van der Waals surface area contributed by atoms with E-state index >= 15 is 0 Å². The van der Waals surface area contributed by atoms with Gasteiger partial charge >= 0.3 is 6.09 Å². The van der Waals surface area contributed by atoms with E-state index in [2.05, 4.69) is 43.3 Å². The number of piperidine rings is 1. The Kier molecular flexibility index (Phi) is 6.98. The monoisotopic (exact) mass is 533 g/mol. The number of benzene rings is 1. The zero-order chi connectivity index (χ0) is 24.5. The van der Waals surface area contributed by atoms with Crippen LogP contribution in [0.1, 0.15) is 65.7 Å². The maximum absolute atomic E-state index is 12.4. The molecule has 186 valence electrons. The van der Waals surface area contributed by atoms with Gasteiger partial charge in [0.25, 0.3) is 0 Å². The van der Waals surface area contributed by atoms with Crippen molar-refractivity contribution in [3.8, 4) is 0 Å². The Morgan fingerprint density at radius 3 is 2.50 bits per heavy atom. The maximum atomic E-state index is 12.4. The van der Waals surface area contributed by atoms with Crippen molar-refractivity contribution in [2.45, 2.75) is 83.0 Å². The highest BCUT2D eigenvalue weighted by Gasteiger charge is 2.43.